The molecule has 0 aromatic heterocycles. The van der Waals surface area contributed by atoms with Crippen molar-refractivity contribution >= 4 is 47.5 Å². The Kier molecular flexibility index (Phi) is 9.49. The van der Waals surface area contributed by atoms with Gasteiger partial charge in [-0.25, -0.2) is 0 Å². The fourth-order valence-corrected chi connectivity index (χ4v) is 3.08. The lowest BCUT2D eigenvalue weighted by Gasteiger charge is -2.23. The number of rotatable bonds is 5. The number of nitrogens with zero attached hydrogens (tertiary/aromatic N) is 2. The Labute approximate surface area is 177 Å². The second-order valence-electron chi connectivity index (χ2n) is 6.32. The van der Waals surface area contributed by atoms with Crippen LogP contribution in [0.1, 0.15) is 13.8 Å². The summed E-state index contributed by atoms with van der Waals surface area (Å²) in [7, 11) is 3.17. The number of benzene rings is 1. The molecule has 0 aliphatic carbocycles. The molecule has 1 aliphatic rings. The fourth-order valence-electron chi connectivity index (χ4n) is 2.95. The van der Waals surface area contributed by atoms with E-state index in [1.54, 1.807) is 19.2 Å². The SMILES string of the molecule is CN=C(NCC(C)Oc1ccc(Cl)cc1)N1CC(C)C(C(=O)OC)C1.I. The van der Waals surface area contributed by atoms with Crippen LogP contribution in [0.5, 0.6) is 5.75 Å². The van der Waals surface area contributed by atoms with Crippen molar-refractivity contribution in [3.8, 4) is 5.75 Å². The molecule has 1 saturated heterocycles. The van der Waals surface area contributed by atoms with E-state index in [2.05, 4.69) is 22.1 Å². The van der Waals surface area contributed by atoms with Crippen molar-refractivity contribution in [2.75, 3.05) is 33.8 Å². The van der Waals surface area contributed by atoms with Crippen molar-refractivity contribution in [2.45, 2.75) is 20.0 Å². The number of methoxy groups -OCH3 is 1. The highest BCUT2D eigenvalue weighted by Gasteiger charge is 2.36. The number of halogens is 2. The van der Waals surface area contributed by atoms with Crippen molar-refractivity contribution in [2.24, 2.45) is 16.8 Å². The molecule has 0 bridgehead atoms. The maximum Gasteiger partial charge on any atom is 0.310 e. The van der Waals surface area contributed by atoms with Crippen LogP contribution >= 0.6 is 35.6 Å². The summed E-state index contributed by atoms with van der Waals surface area (Å²) in [5, 5.41) is 4.00. The predicted octanol–water partition coefficient (Wildman–Crippen LogP) is 3.04. The zero-order valence-corrected chi connectivity index (χ0v) is 18.7. The van der Waals surface area contributed by atoms with Crippen LogP contribution in [0.2, 0.25) is 5.02 Å². The van der Waals surface area contributed by atoms with E-state index in [0.29, 0.717) is 18.1 Å². The van der Waals surface area contributed by atoms with Gasteiger partial charge in [0.1, 0.15) is 11.9 Å². The van der Waals surface area contributed by atoms with Crippen molar-refractivity contribution in [1.29, 1.82) is 0 Å². The molecule has 0 amide bonds. The quantitative estimate of drug-likeness (QED) is 0.294. The molecule has 0 spiro atoms. The van der Waals surface area contributed by atoms with Crippen molar-refractivity contribution < 1.29 is 14.3 Å². The molecule has 6 nitrogen and oxygen atoms in total. The first kappa shape index (κ1) is 22.8. The van der Waals surface area contributed by atoms with Gasteiger partial charge in [-0.05, 0) is 37.1 Å². The number of carbonyl (C=O) groups excluding carboxylic acids is 1. The molecule has 1 aromatic rings. The average Bonchev–Trinajstić information content (AvgIpc) is 2.98. The second-order valence-corrected chi connectivity index (χ2v) is 6.76. The molecule has 26 heavy (non-hydrogen) atoms. The summed E-state index contributed by atoms with van der Waals surface area (Å²) in [6, 6.07) is 7.29. The Hall–Kier alpha value is -1.22. The van der Waals surface area contributed by atoms with Gasteiger partial charge in [0, 0.05) is 25.2 Å². The molecule has 0 radical (unpaired) electrons. The molecule has 8 heteroatoms. The summed E-state index contributed by atoms with van der Waals surface area (Å²) < 4.78 is 10.7. The Bertz CT molecular complexity index is 612. The summed E-state index contributed by atoms with van der Waals surface area (Å²) >= 11 is 5.88. The largest absolute Gasteiger partial charge is 0.489 e. The van der Waals surface area contributed by atoms with Crippen molar-refractivity contribution in [1.82, 2.24) is 10.2 Å². The monoisotopic (exact) mass is 495 g/mol. The number of ether oxygens (including phenoxy) is 2. The van der Waals surface area contributed by atoms with E-state index in [9.17, 15) is 4.79 Å². The normalized spacial score (nSPS) is 21.0. The summed E-state index contributed by atoms with van der Waals surface area (Å²) in [6.45, 7) is 6.02. The van der Waals surface area contributed by atoms with E-state index in [1.165, 1.54) is 7.11 Å². The molecule has 1 fully saturated rings. The number of guanidine groups is 1. The molecule has 3 unspecified atom stereocenters. The van der Waals surface area contributed by atoms with Crippen LogP contribution in [0.4, 0.5) is 0 Å². The third-order valence-corrected chi connectivity index (χ3v) is 4.58. The maximum absolute atomic E-state index is 11.8. The molecule has 3 atom stereocenters. The van der Waals surface area contributed by atoms with E-state index in [4.69, 9.17) is 21.1 Å². The van der Waals surface area contributed by atoms with Crippen LogP contribution in [0.25, 0.3) is 0 Å². The number of hydrogen-bond acceptors (Lipinski definition) is 4. The zero-order valence-electron chi connectivity index (χ0n) is 15.6. The fraction of sp³-hybridized carbons (Fsp3) is 0.556. The molecule has 1 aromatic carbocycles. The molecule has 0 saturated carbocycles. The standard InChI is InChI=1S/C18H26ClN3O3.HI/c1-12-10-22(11-16(12)17(23)24-4)18(20-3)21-9-13(2)25-15-7-5-14(19)6-8-15;/h5-8,12-13,16H,9-11H2,1-4H3,(H,20,21);1H. The van der Waals surface area contributed by atoms with E-state index in [-0.39, 0.29) is 47.9 Å². The van der Waals surface area contributed by atoms with E-state index in [0.717, 1.165) is 18.3 Å². The highest BCUT2D eigenvalue weighted by atomic mass is 127. The Morgan fingerprint density at radius 1 is 1.38 bits per heavy atom. The molecule has 2 rings (SSSR count). The van der Waals surface area contributed by atoms with Crippen LogP contribution in [0, 0.1) is 11.8 Å². The van der Waals surface area contributed by atoms with Crippen LogP contribution < -0.4 is 10.1 Å². The molecule has 1 aliphatic heterocycles. The maximum atomic E-state index is 11.8. The van der Waals surface area contributed by atoms with E-state index in [1.807, 2.05) is 19.1 Å². The number of nitrogens with one attached hydrogen (secondary N) is 1. The van der Waals surface area contributed by atoms with Gasteiger partial charge in [0.05, 0.1) is 19.6 Å². The first-order valence-corrected chi connectivity index (χ1v) is 8.78. The predicted molar refractivity (Wildman–Crippen MR) is 115 cm³/mol. The summed E-state index contributed by atoms with van der Waals surface area (Å²) in [5.41, 5.74) is 0. The number of carbonyl (C=O) groups is 1. The minimum atomic E-state index is -0.162. The van der Waals surface area contributed by atoms with E-state index < -0.39 is 0 Å². The highest BCUT2D eigenvalue weighted by molar-refractivity contribution is 14.0. The van der Waals surface area contributed by atoms with Gasteiger partial charge < -0.3 is 19.7 Å². The van der Waals surface area contributed by atoms with Gasteiger partial charge in [-0.1, -0.05) is 18.5 Å². The molecule has 146 valence electrons. The van der Waals surface area contributed by atoms with Gasteiger partial charge in [0.2, 0.25) is 0 Å². The minimum Gasteiger partial charge on any atom is -0.489 e. The van der Waals surface area contributed by atoms with Crippen molar-refractivity contribution in [3.63, 3.8) is 0 Å². The van der Waals surface area contributed by atoms with Gasteiger partial charge in [-0.2, -0.15) is 0 Å². The third kappa shape index (κ3) is 6.19. The van der Waals surface area contributed by atoms with Crippen LogP contribution in [0.3, 0.4) is 0 Å². The molecule has 1 heterocycles. The van der Waals surface area contributed by atoms with Crippen molar-refractivity contribution in [3.05, 3.63) is 29.3 Å². The molecular formula is C18H27ClIN3O3. The first-order chi connectivity index (χ1) is 11.9. The Balaban J connectivity index is 0.00000338. The third-order valence-electron chi connectivity index (χ3n) is 4.33. The van der Waals surface area contributed by atoms with Crippen LogP contribution in [-0.2, 0) is 9.53 Å². The average molecular weight is 496 g/mol. The smallest absolute Gasteiger partial charge is 0.310 e. The summed E-state index contributed by atoms with van der Waals surface area (Å²) in [4.78, 5) is 18.2. The minimum absolute atomic E-state index is 0. The second kappa shape index (κ2) is 10.8. The number of hydrogen-bond donors (Lipinski definition) is 1. The first-order valence-electron chi connectivity index (χ1n) is 8.40. The Morgan fingerprint density at radius 2 is 2.04 bits per heavy atom. The topological polar surface area (TPSA) is 63.2 Å². The Morgan fingerprint density at radius 3 is 2.62 bits per heavy atom. The van der Waals surface area contributed by atoms with E-state index >= 15 is 0 Å². The van der Waals surface area contributed by atoms with Crippen LogP contribution in [0.15, 0.2) is 29.3 Å². The number of aliphatic imine (C=N–C) groups is 1. The lowest BCUT2D eigenvalue weighted by atomic mass is 9.99. The van der Waals surface area contributed by atoms with Gasteiger partial charge in [-0.3, -0.25) is 9.79 Å². The van der Waals surface area contributed by atoms with Gasteiger partial charge in [0.25, 0.3) is 0 Å². The zero-order chi connectivity index (χ0) is 18.4. The van der Waals surface area contributed by atoms with Gasteiger partial charge in [0.15, 0.2) is 5.96 Å². The lowest BCUT2D eigenvalue weighted by Crippen LogP contribution is -2.44. The van der Waals surface area contributed by atoms with Gasteiger partial charge in [-0.15, -0.1) is 24.0 Å². The summed E-state index contributed by atoms with van der Waals surface area (Å²) in [6.07, 6.45) is -0.0469. The number of esters is 1. The lowest BCUT2D eigenvalue weighted by molar-refractivity contribution is -0.145. The number of likely N-dealkylation sites (tertiary alicyclic amines) is 1. The molecule has 1 N–H and O–H groups in total. The highest BCUT2D eigenvalue weighted by Crippen LogP contribution is 2.24. The van der Waals surface area contributed by atoms with Gasteiger partial charge >= 0.3 is 5.97 Å². The summed E-state index contributed by atoms with van der Waals surface area (Å²) in [5.74, 6) is 1.49. The van der Waals surface area contributed by atoms with Crippen LogP contribution in [-0.4, -0.2) is 56.7 Å². The molecular weight excluding hydrogens is 469 g/mol.